The predicted octanol–water partition coefficient (Wildman–Crippen LogP) is 1.39. The fourth-order valence-electron chi connectivity index (χ4n) is 2.37. The van der Waals surface area contributed by atoms with Crippen LogP contribution in [-0.2, 0) is 9.53 Å². The Hall–Kier alpha value is -0.610. The molecule has 0 spiro atoms. The van der Waals surface area contributed by atoms with E-state index in [4.69, 9.17) is 10.5 Å². The Balaban J connectivity index is 2.61. The second-order valence-corrected chi connectivity index (χ2v) is 5.40. The summed E-state index contributed by atoms with van der Waals surface area (Å²) < 4.78 is 5.82. The summed E-state index contributed by atoms with van der Waals surface area (Å²) in [5.74, 6) is 0.640. The van der Waals surface area contributed by atoms with Crippen LogP contribution in [0.2, 0.25) is 0 Å². The Bertz CT molecular complexity index is 252. The minimum Gasteiger partial charge on any atom is -0.370 e. The van der Waals surface area contributed by atoms with Gasteiger partial charge >= 0.3 is 0 Å². The van der Waals surface area contributed by atoms with Gasteiger partial charge in [0, 0.05) is 19.5 Å². The standard InChI is InChI=1S/C13H26N2O2/c1-4-5-13(9-14)10-15(6-7-17-13)12(16)8-11(2)3/h11H,4-10,14H2,1-3H3. The van der Waals surface area contributed by atoms with E-state index in [1.54, 1.807) is 0 Å². The van der Waals surface area contributed by atoms with Gasteiger partial charge in [0.25, 0.3) is 0 Å². The molecule has 2 N–H and O–H groups in total. The first-order chi connectivity index (χ1) is 8.03. The topological polar surface area (TPSA) is 55.6 Å². The van der Waals surface area contributed by atoms with Crippen LogP contribution < -0.4 is 5.73 Å². The number of nitrogens with two attached hydrogens (primary N) is 1. The van der Waals surface area contributed by atoms with Crippen molar-refractivity contribution in [3.63, 3.8) is 0 Å². The summed E-state index contributed by atoms with van der Waals surface area (Å²) in [6.45, 7) is 8.73. The van der Waals surface area contributed by atoms with Gasteiger partial charge in [0.1, 0.15) is 0 Å². The molecule has 100 valence electrons. The molecule has 1 atom stereocenters. The van der Waals surface area contributed by atoms with E-state index in [9.17, 15) is 4.79 Å². The molecular weight excluding hydrogens is 216 g/mol. The highest BCUT2D eigenvalue weighted by molar-refractivity contribution is 5.76. The van der Waals surface area contributed by atoms with E-state index < -0.39 is 0 Å². The lowest BCUT2D eigenvalue weighted by atomic mass is 9.95. The molecule has 1 heterocycles. The van der Waals surface area contributed by atoms with Gasteiger partial charge in [-0.15, -0.1) is 0 Å². The van der Waals surface area contributed by atoms with Gasteiger partial charge in [0.2, 0.25) is 5.91 Å². The molecule has 4 heteroatoms. The molecule has 0 saturated carbocycles. The van der Waals surface area contributed by atoms with Gasteiger partial charge in [-0.1, -0.05) is 27.2 Å². The molecule has 0 aromatic rings. The summed E-state index contributed by atoms with van der Waals surface area (Å²) in [6, 6.07) is 0. The number of nitrogens with zero attached hydrogens (tertiary/aromatic N) is 1. The number of hydrogen-bond donors (Lipinski definition) is 1. The highest BCUT2D eigenvalue weighted by Gasteiger charge is 2.36. The van der Waals surface area contributed by atoms with Crippen molar-refractivity contribution in [2.75, 3.05) is 26.2 Å². The summed E-state index contributed by atoms with van der Waals surface area (Å²) >= 11 is 0. The number of carbonyl (C=O) groups is 1. The number of hydrogen-bond acceptors (Lipinski definition) is 3. The molecule has 1 unspecified atom stereocenters. The molecule has 1 rings (SSSR count). The molecule has 0 aliphatic carbocycles. The SMILES string of the molecule is CCCC1(CN)CN(C(=O)CC(C)C)CCO1. The average Bonchev–Trinajstić information content (AvgIpc) is 2.29. The van der Waals surface area contributed by atoms with E-state index in [0.717, 1.165) is 12.8 Å². The highest BCUT2D eigenvalue weighted by Crippen LogP contribution is 2.23. The number of amides is 1. The molecule has 4 nitrogen and oxygen atoms in total. The summed E-state index contributed by atoms with van der Waals surface area (Å²) in [6.07, 6.45) is 2.57. The van der Waals surface area contributed by atoms with Crippen molar-refractivity contribution >= 4 is 5.91 Å². The second-order valence-electron chi connectivity index (χ2n) is 5.40. The maximum absolute atomic E-state index is 12.0. The molecule has 1 aliphatic rings. The van der Waals surface area contributed by atoms with E-state index in [1.165, 1.54) is 0 Å². The van der Waals surface area contributed by atoms with Crippen molar-refractivity contribution in [1.82, 2.24) is 4.90 Å². The second kappa shape index (κ2) is 6.36. The summed E-state index contributed by atoms with van der Waals surface area (Å²) in [5.41, 5.74) is 5.52. The van der Waals surface area contributed by atoms with E-state index >= 15 is 0 Å². The lowest BCUT2D eigenvalue weighted by Crippen LogP contribution is -2.57. The molecule has 17 heavy (non-hydrogen) atoms. The van der Waals surface area contributed by atoms with Crippen LogP contribution in [0.15, 0.2) is 0 Å². The van der Waals surface area contributed by atoms with Gasteiger partial charge in [0.05, 0.1) is 18.8 Å². The summed E-state index contributed by atoms with van der Waals surface area (Å²) in [4.78, 5) is 14.0. The van der Waals surface area contributed by atoms with Gasteiger partial charge in [0.15, 0.2) is 0 Å². The maximum Gasteiger partial charge on any atom is 0.223 e. The molecule has 1 aliphatic heterocycles. The van der Waals surface area contributed by atoms with Crippen molar-refractivity contribution in [1.29, 1.82) is 0 Å². The fourth-order valence-corrected chi connectivity index (χ4v) is 2.37. The van der Waals surface area contributed by atoms with Gasteiger partial charge < -0.3 is 15.4 Å². The van der Waals surface area contributed by atoms with Crippen molar-refractivity contribution in [3.05, 3.63) is 0 Å². The third kappa shape index (κ3) is 3.96. The number of morpholine rings is 1. The molecule has 0 aromatic carbocycles. The minimum atomic E-state index is -0.306. The van der Waals surface area contributed by atoms with Crippen LogP contribution in [0.1, 0.15) is 40.0 Å². The molecule has 0 aromatic heterocycles. The van der Waals surface area contributed by atoms with Crippen LogP contribution in [0.4, 0.5) is 0 Å². The summed E-state index contributed by atoms with van der Waals surface area (Å²) in [7, 11) is 0. The van der Waals surface area contributed by atoms with E-state index in [0.29, 0.717) is 38.6 Å². The lowest BCUT2D eigenvalue weighted by molar-refractivity contribution is -0.151. The molecule has 1 saturated heterocycles. The van der Waals surface area contributed by atoms with E-state index in [1.807, 2.05) is 4.90 Å². The highest BCUT2D eigenvalue weighted by atomic mass is 16.5. The van der Waals surface area contributed by atoms with Crippen molar-refractivity contribution in [2.45, 2.75) is 45.6 Å². The average molecular weight is 242 g/mol. The van der Waals surface area contributed by atoms with Crippen LogP contribution in [0.3, 0.4) is 0 Å². The predicted molar refractivity (Wildman–Crippen MR) is 68.7 cm³/mol. The Morgan fingerprint density at radius 1 is 1.53 bits per heavy atom. The normalized spacial score (nSPS) is 25.4. The van der Waals surface area contributed by atoms with Gasteiger partial charge in [-0.05, 0) is 12.3 Å². The number of rotatable bonds is 5. The van der Waals surface area contributed by atoms with Gasteiger partial charge in [-0.25, -0.2) is 0 Å². The lowest BCUT2D eigenvalue weighted by Gasteiger charge is -2.42. The monoisotopic (exact) mass is 242 g/mol. The Labute approximate surface area is 104 Å². The Kier molecular flexibility index (Phi) is 5.40. The zero-order valence-electron chi connectivity index (χ0n) is 11.4. The largest absolute Gasteiger partial charge is 0.370 e. The molecule has 1 fully saturated rings. The van der Waals surface area contributed by atoms with Crippen molar-refractivity contribution < 1.29 is 9.53 Å². The molecule has 0 bridgehead atoms. The smallest absolute Gasteiger partial charge is 0.223 e. The number of ether oxygens (including phenoxy) is 1. The maximum atomic E-state index is 12.0. The Morgan fingerprint density at radius 3 is 2.76 bits per heavy atom. The molecule has 1 amide bonds. The quantitative estimate of drug-likeness (QED) is 0.792. The third-order valence-electron chi connectivity index (χ3n) is 3.26. The van der Waals surface area contributed by atoms with E-state index in [-0.39, 0.29) is 11.5 Å². The van der Waals surface area contributed by atoms with E-state index in [2.05, 4.69) is 20.8 Å². The first-order valence-electron chi connectivity index (χ1n) is 6.65. The zero-order valence-corrected chi connectivity index (χ0v) is 11.4. The summed E-state index contributed by atoms with van der Waals surface area (Å²) in [5, 5.41) is 0. The zero-order chi connectivity index (χ0) is 12.9. The first kappa shape index (κ1) is 14.5. The number of carbonyl (C=O) groups excluding carboxylic acids is 1. The molecular formula is C13H26N2O2. The molecule has 0 radical (unpaired) electrons. The van der Waals surface area contributed by atoms with Crippen LogP contribution in [0, 0.1) is 5.92 Å². The van der Waals surface area contributed by atoms with Gasteiger partial charge in [-0.3, -0.25) is 4.79 Å². The van der Waals surface area contributed by atoms with Crippen molar-refractivity contribution in [2.24, 2.45) is 11.7 Å². The van der Waals surface area contributed by atoms with Crippen LogP contribution in [-0.4, -0.2) is 42.6 Å². The first-order valence-corrected chi connectivity index (χ1v) is 6.65. The third-order valence-corrected chi connectivity index (χ3v) is 3.26. The van der Waals surface area contributed by atoms with Crippen molar-refractivity contribution in [3.8, 4) is 0 Å². The minimum absolute atomic E-state index is 0.234. The van der Waals surface area contributed by atoms with Crippen LogP contribution >= 0.6 is 0 Å². The Morgan fingerprint density at radius 2 is 2.24 bits per heavy atom. The van der Waals surface area contributed by atoms with Crippen LogP contribution in [0.5, 0.6) is 0 Å². The van der Waals surface area contributed by atoms with Gasteiger partial charge in [-0.2, -0.15) is 0 Å². The van der Waals surface area contributed by atoms with Crippen LogP contribution in [0.25, 0.3) is 0 Å². The fraction of sp³-hybridized carbons (Fsp3) is 0.923.